The molecule has 3 heteroatoms. The maximum absolute atomic E-state index is 3.51. The lowest BCUT2D eigenvalue weighted by molar-refractivity contribution is 0.757. The number of nitrogens with one attached hydrogen (secondary N) is 1. The number of aryl methyl sites for hydroxylation is 1. The predicted octanol–water partition coefficient (Wildman–Crippen LogP) is 4.82. The van der Waals surface area contributed by atoms with Gasteiger partial charge in [-0.1, -0.05) is 28.1 Å². The van der Waals surface area contributed by atoms with E-state index in [2.05, 4.69) is 87.5 Å². The first-order valence-corrected chi connectivity index (χ1v) is 7.56. The molecule has 0 fully saturated rings. The van der Waals surface area contributed by atoms with Crippen LogP contribution >= 0.6 is 15.9 Å². The number of anilines is 1. The summed E-state index contributed by atoms with van der Waals surface area (Å²) in [5.41, 5.74) is 3.75. The molecule has 0 amide bonds. The zero-order chi connectivity index (χ0) is 13.9. The van der Waals surface area contributed by atoms with Crippen molar-refractivity contribution >= 4 is 32.5 Å². The largest absolute Gasteiger partial charge is 0.383 e. The van der Waals surface area contributed by atoms with Gasteiger partial charge in [0.25, 0.3) is 0 Å². The summed E-state index contributed by atoms with van der Waals surface area (Å²) in [6.07, 6.45) is 2.15. The average molecular weight is 329 g/mol. The first-order valence-electron chi connectivity index (χ1n) is 6.77. The Kier molecular flexibility index (Phi) is 3.79. The predicted molar refractivity (Wildman–Crippen MR) is 89.3 cm³/mol. The second kappa shape index (κ2) is 5.71. The molecule has 1 heterocycles. The molecule has 0 atom stereocenters. The molecule has 0 bridgehead atoms. The highest BCUT2D eigenvalue weighted by Crippen LogP contribution is 2.20. The molecule has 0 spiro atoms. The molecule has 0 aliphatic heterocycles. The number of fused-ring (bicyclic) bond motifs is 1. The van der Waals surface area contributed by atoms with E-state index in [0.29, 0.717) is 0 Å². The highest BCUT2D eigenvalue weighted by atomic mass is 79.9. The van der Waals surface area contributed by atoms with Crippen LogP contribution in [0.15, 0.2) is 59.2 Å². The van der Waals surface area contributed by atoms with Crippen LogP contribution in [0.3, 0.4) is 0 Å². The normalized spacial score (nSPS) is 10.9. The molecule has 1 aromatic heterocycles. The van der Waals surface area contributed by atoms with Gasteiger partial charge in [0, 0.05) is 40.3 Å². The first kappa shape index (κ1) is 13.3. The topological polar surface area (TPSA) is 17.0 Å². The molecule has 2 nitrogen and oxygen atoms in total. The Morgan fingerprint density at radius 1 is 1.10 bits per heavy atom. The summed E-state index contributed by atoms with van der Waals surface area (Å²) in [7, 11) is 0. The van der Waals surface area contributed by atoms with E-state index < -0.39 is 0 Å². The fourth-order valence-corrected chi connectivity index (χ4v) is 2.82. The van der Waals surface area contributed by atoms with E-state index in [4.69, 9.17) is 0 Å². The van der Waals surface area contributed by atoms with Crippen LogP contribution in [0.5, 0.6) is 0 Å². The molecule has 0 unspecified atom stereocenters. The van der Waals surface area contributed by atoms with E-state index >= 15 is 0 Å². The van der Waals surface area contributed by atoms with Crippen LogP contribution in [0.1, 0.15) is 5.56 Å². The van der Waals surface area contributed by atoms with Crippen LogP contribution in [0.25, 0.3) is 10.9 Å². The van der Waals surface area contributed by atoms with Gasteiger partial charge in [-0.15, -0.1) is 0 Å². The van der Waals surface area contributed by atoms with E-state index in [1.54, 1.807) is 0 Å². The van der Waals surface area contributed by atoms with Gasteiger partial charge in [-0.2, -0.15) is 0 Å². The Balaban J connectivity index is 1.68. The Morgan fingerprint density at radius 3 is 2.85 bits per heavy atom. The second-order valence-corrected chi connectivity index (χ2v) is 5.92. The van der Waals surface area contributed by atoms with Crippen molar-refractivity contribution in [2.45, 2.75) is 13.5 Å². The smallest absolute Gasteiger partial charge is 0.0481 e. The molecule has 0 radical (unpaired) electrons. The molecule has 0 saturated heterocycles. The second-order valence-electron chi connectivity index (χ2n) is 5.01. The summed E-state index contributed by atoms with van der Waals surface area (Å²) in [4.78, 5) is 0. The molecule has 0 aliphatic carbocycles. The Hall–Kier alpha value is -1.74. The van der Waals surface area contributed by atoms with Crippen molar-refractivity contribution in [3.8, 4) is 0 Å². The molecule has 3 aromatic rings. The highest BCUT2D eigenvalue weighted by Gasteiger charge is 2.01. The van der Waals surface area contributed by atoms with Crippen LogP contribution in [0.2, 0.25) is 0 Å². The summed E-state index contributed by atoms with van der Waals surface area (Å²) in [5.74, 6) is 0. The molecule has 102 valence electrons. The number of rotatable bonds is 4. The SMILES string of the molecule is Cc1cccc(NCCn2ccc3cc(Br)ccc32)c1. The zero-order valence-electron chi connectivity index (χ0n) is 11.4. The molecule has 20 heavy (non-hydrogen) atoms. The standard InChI is InChI=1S/C17H17BrN2/c1-13-3-2-4-16(11-13)19-8-10-20-9-7-14-12-15(18)5-6-17(14)20/h2-7,9,11-12,19H,8,10H2,1H3. The van der Waals surface area contributed by atoms with Gasteiger partial charge in [-0.05, 0) is 48.9 Å². The lowest BCUT2D eigenvalue weighted by atomic mass is 10.2. The number of halogens is 1. The van der Waals surface area contributed by atoms with Crippen molar-refractivity contribution in [2.24, 2.45) is 0 Å². The fraction of sp³-hybridized carbons (Fsp3) is 0.176. The third-order valence-electron chi connectivity index (χ3n) is 3.43. The third kappa shape index (κ3) is 2.88. The number of nitrogens with zero attached hydrogens (tertiary/aromatic N) is 1. The maximum Gasteiger partial charge on any atom is 0.0481 e. The molecular weight excluding hydrogens is 312 g/mol. The van der Waals surface area contributed by atoms with Gasteiger partial charge in [0.05, 0.1) is 0 Å². The monoisotopic (exact) mass is 328 g/mol. The van der Waals surface area contributed by atoms with Gasteiger partial charge < -0.3 is 9.88 Å². The average Bonchev–Trinajstić information content (AvgIpc) is 2.81. The van der Waals surface area contributed by atoms with Crippen molar-refractivity contribution in [2.75, 3.05) is 11.9 Å². The fourth-order valence-electron chi connectivity index (χ4n) is 2.44. The number of hydrogen-bond donors (Lipinski definition) is 1. The minimum absolute atomic E-state index is 0.920. The maximum atomic E-state index is 3.51. The molecule has 1 N–H and O–H groups in total. The van der Waals surface area contributed by atoms with E-state index in [9.17, 15) is 0 Å². The van der Waals surface area contributed by atoms with E-state index in [1.807, 2.05) is 0 Å². The lowest BCUT2D eigenvalue weighted by Crippen LogP contribution is -2.09. The molecule has 3 rings (SSSR count). The quantitative estimate of drug-likeness (QED) is 0.726. The molecule has 0 aliphatic rings. The summed E-state index contributed by atoms with van der Waals surface area (Å²) in [6, 6.07) is 17.0. The van der Waals surface area contributed by atoms with E-state index in [0.717, 1.165) is 17.6 Å². The van der Waals surface area contributed by atoms with Crippen LogP contribution in [0.4, 0.5) is 5.69 Å². The summed E-state index contributed by atoms with van der Waals surface area (Å²) in [5, 5.41) is 4.74. The summed E-state index contributed by atoms with van der Waals surface area (Å²) >= 11 is 3.51. The first-order chi connectivity index (χ1) is 9.72. The van der Waals surface area contributed by atoms with Crippen LogP contribution < -0.4 is 5.32 Å². The van der Waals surface area contributed by atoms with Gasteiger partial charge >= 0.3 is 0 Å². The molecule has 0 saturated carbocycles. The van der Waals surface area contributed by atoms with E-state index in [1.165, 1.54) is 22.2 Å². The van der Waals surface area contributed by atoms with Crippen LogP contribution in [-0.2, 0) is 6.54 Å². The van der Waals surface area contributed by atoms with Gasteiger partial charge in [0.15, 0.2) is 0 Å². The van der Waals surface area contributed by atoms with Crippen molar-refractivity contribution in [3.63, 3.8) is 0 Å². The van der Waals surface area contributed by atoms with Gasteiger partial charge in [-0.3, -0.25) is 0 Å². The minimum Gasteiger partial charge on any atom is -0.383 e. The van der Waals surface area contributed by atoms with Crippen LogP contribution in [0, 0.1) is 6.92 Å². The van der Waals surface area contributed by atoms with Gasteiger partial charge in [0.2, 0.25) is 0 Å². The molecular formula is C17H17BrN2. The van der Waals surface area contributed by atoms with Crippen molar-refractivity contribution < 1.29 is 0 Å². The zero-order valence-corrected chi connectivity index (χ0v) is 13.0. The lowest BCUT2D eigenvalue weighted by Gasteiger charge is -2.09. The Labute approximate surface area is 127 Å². The van der Waals surface area contributed by atoms with E-state index in [-0.39, 0.29) is 0 Å². The van der Waals surface area contributed by atoms with Crippen LogP contribution in [-0.4, -0.2) is 11.1 Å². The van der Waals surface area contributed by atoms with Gasteiger partial charge in [-0.25, -0.2) is 0 Å². The Morgan fingerprint density at radius 2 is 2.00 bits per heavy atom. The van der Waals surface area contributed by atoms with Crippen molar-refractivity contribution in [3.05, 3.63) is 64.8 Å². The molecule has 2 aromatic carbocycles. The van der Waals surface area contributed by atoms with Crippen molar-refractivity contribution in [1.82, 2.24) is 4.57 Å². The Bertz CT molecular complexity index is 731. The summed E-state index contributed by atoms with van der Waals surface area (Å²) < 4.78 is 3.41. The van der Waals surface area contributed by atoms with Crippen molar-refractivity contribution in [1.29, 1.82) is 0 Å². The minimum atomic E-state index is 0.920. The number of benzene rings is 2. The number of hydrogen-bond acceptors (Lipinski definition) is 1. The third-order valence-corrected chi connectivity index (χ3v) is 3.93. The number of aromatic nitrogens is 1. The summed E-state index contributed by atoms with van der Waals surface area (Å²) in [6.45, 7) is 3.99. The van der Waals surface area contributed by atoms with Gasteiger partial charge in [0.1, 0.15) is 0 Å². The highest BCUT2D eigenvalue weighted by molar-refractivity contribution is 9.10.